The van der Waals surface area contributed by atoms with Crippen LogP contribution in [0.1, 0.15) is 64.7 Å². The van der Waals surface area contributed by atoms with Gasteiger partial charge < -0.3 is 4.90 Å². The summed E-state index contributed by atoms with van der Waals surface area (Å²) in [4.78, 5) is 19.3. The molecule has 124 valence electrons. The molecule has 0 aromatic carbocycles. The number of carbonyl (C=O) groups excluding carboxylic acids is 1. The normalized spacial score (nSPS) is 26.0. The van der Waals surface area contributed by atoms with Gasteiger partial charge in [0, 0.05) is 18.3 Å². The number of amides is 2. The minimum atomic E-state index is 0.0193. The lowest BCUT2D eigenvalue weighted by Gasteiger charge is -2.42. The van der Waals surface area contributed by atoms with E-state index in [1.165, 1.54) is 43.4 Å². The van der Waals surface area contributed by atoms with Gasteiger partial charge in [0.1, 0.15) is 7.85 Å². The summed E-state index contributed by atoms with van der Waals surface area (Å²) in [6.07, 6.45) is 12.4. The van der Waals surface area contributed by atoms with Gasteiger partial charge in [-0.2, -0.15) is 0 Å². The Labute approximate surface area is 144 Å². The third kappa shape index (κ3) is 4.28. The molecule has 2 amide bonds. The molecule has 1 heterocycles. The number of aromatic nitrogens is 1. The molecule has 1 aromatic heterocycles. The Balaban J connectivity index is 1.71. The number of carbonyl (C=O) groups is 1. The quantitative estimate of drug-likeness (QED) is 0.859. The van der Waals surface area contributed by atoms with Crippen molar-refractivity contribution in [2.75, 3.05) is 5.32 Å². The van der Waals surface area contributed by atoms with E-state index >= 15 is 0 Å². The summed E-state index contributed by atoms with van der Waals surface area (Å²) in [5.74, 6) is 0.793. The molecule has 2 saturated carbocycles. The fraction of sp³-hybridized carbons (Fsp3) is 0.765. The maximum Gasteiger partial charge on any atom is 0.324 e. The molecule has 6 heteroatoms. The first-order valence-corrected chi connectivity index (χ1v) is 9.75. The van der Waals surface area contributed by atoms with Crippen LogP contribution in [0.3, 0.4) is 0 Å². The summed E-state index contributed by atoms with van der Waals surface area (Å²) >= 11 is 1.34. The molecular weight excluding hydrogens is 305 g/mol. The number of hydrogen-bond donors (Lipinski definition) is 1. The Kier molecular flexibility index (Phi) is 5.62. The van der Waals surface area contributed by atoms with E-state index in [2.05, 4.69) is 22.1 Å². The largest absolute Gasteiger partial charge is 0.324 e. The zero-order chi connectivity index (χ0) is 16.2. The zero-order valence-electron chi connectivity index (χ0n) is 14.0. The van der Waals surface area contributed by atoms with Gasteiger partial charge in [-0.3, -0.25) is 5.32 Å². The first-order valence-electron chi connectivity index (χ1n) is 8.94. The second kappa shape index (κ2) is 7.69. The Hall–Kier alpha value is -1.04. The molecule has 0 aliphatic heterocycles. The van der Waals surface area contributed by atoms with Gasteiger partial charge in [0.25, 0.3) is 0 Å². The Morgan fingerprint density at radius 1 is 1.17 bits per heavy atom. The molecule has 2 aliphatic rings. The Bertz CT molecular complexity index is 522. The van der Waals surface area contributed by atoms with Crippen molar-refractivity contribution >= 4 is 35.1 Å². The summed E-state index contributed by atoms with van der Waals surface area (Å²) in [5, 5.41) is 3.59. The van der Waals surface area contributed by atoms with Crippen LogP contribution in [0.5, 0.6) is 0 Å². The third-order valence-electron chi connectivity index (χ3n) is 5.32. The van der Waals surface area contributed by atoms with Crippen LogP contribution >= 0.6 is 11.3 Å². The van der Waals surface area contributed by atoms with Crippen molar-refractivity contribution in [1.29, 1.82) is 0 Å². The maximum absolute atomic E-state index is 12.9. The number of rotatable bonds is 3. The van der Waals surface area contributed by atoms with Crippen molar-refractivity contribution in [2.24, 2.45) is 5.92 Å². The highest BCUT2D eigenvalue weighted by Gasteiger charge is 2.33. The predicted molar refractivity (Wildman–Crippen MR) is 96.7 cm³/mol. The van der Waals surface area contributed by atoms with Gasteiger partial charge in [-0.15, -0.1) is 11.3 Å². The van der Waals surface area contributed by atoms with E-state index in [0.29, 0.717) is 22.0 Å². The van der Waals surface area contributed by atoms with E-state index in [-0.39, 0.29) is 6.03 Å². The van der Waals surface area contributed by atoms with Crippen molar-refractivity contribution in [2.45, 2.75) is 76.8 Å². The standard InChI is InChI=1S/C17H26BN3OS/c1-12-7-9-14(10-8-12)21(13-5-3-2-4-6-13)17(22)20-16-19-11-15(18)23-16/h11-14H,2-10H2,1H3,(H,19,20,22). The molecule has 3 rings (SSSR count). The molecule has 0 unspecified atom stereocenters. The second-order valence-electron chi connectivity index (χ2n) is 7.11. The number of nitrogens with zero attached hydrogens (tertiary/aromatic N) is 2. The molecule has 1 aromatic rings. The van der Waals surface area contributed by atoms with Crippen LogP contribution in [-0.4, -0.2) is 35.8 Å². The van der Waals surface area contributed by atoms with Crippen molar-refractivity contribution in [3.63, 3.8) is 0 Å². The summed E-state index contributed by atoms with van der Waals surface area (Å²) < 4.78 is 0.635. The van der Waals surface area contributed by atoms with Crippen molar-refractivity contribution in [1.82, 2.24) is 9.88 Å². The van der Waals surface area contributed by atoms with Gasteiger partial charge in [0.05, 0.1) is 0 Å². The van der Waals surface area contributed by atoms with Gasteiger partial charge in [-0.1, -0.05) is 26.2 Å². The van der Waals surface area contributed by atoms with Gasteiger partial charge in [-0.25, -0.2) is 9.78 Å². The minimum Gasteiger partial charge on any atom is -0.319 e. The van der Waals surface area contributed by atoms with E-state index in [0.717, 1.165) is 31.6 Å². The lowest BCUT2D eigenvalue weighted by Crippen LogP contribution is -2.51. The highest BCUT2D eigenvalue weighted by molar-refractivity contribution is 7.23. The van der Waals surface area contributed by atoms with Crippen LogP contribution in [0.15, 0.2) is 6.20 Å². The lowest BCUT2D eigenvalue weighted by molar-refractivity contribution is 0.105. The number of nitrogens with one attached hydrogen (secondary N) is 1. The molecule has 1 N–H and O–H groups in total. The molecule has 0 spiro atoms. The first-order chi connectivity index (χ1) is 11.1. The Morgan fingerprint density at radius 3 is 2.43 bits per heavy atom. The van der Waals surface area contributed by atoms with E-state index < -0.39 is 0 Å². The molecule has 2 fully saturated rings. The highest BCUT2D eigenvalue weighted by Crippen LogP contribution is 2.32. The summed E-state index contributed by atoms with van der Waals surface area (Å²) in [7, 11) is 5.72. The average molecular weight is 331 g/mol. The topological polar surface area (TPSA) is 45.2 Å². The molecule has 23 heavy (non-hydrogen) atoms. The van der Waals surface area contributed by atoms with Crippen LogP contribution in [0, 0.1) is 5.92 Å². The molecular formula is C17H26BN3OS. The number of anilines is 1. The third-order valence-corrected chi connectivity index (χ3v) is 6.06. The molecule has 0 bridgehead atoms. The van der Waals surface area contributed by atoms with Crippen molar-refractivity contribution < 1.29 is 4.79 Å². The van der Waals surface area contributed by atoms with Gasteiger partial charge in [0.15, 0.2) is 5.13 Å². The summed E-state index contributed by atoms with van der Waals surface area (Å²) in [6, 6.07) is 0.789. The highest BCUT2D eigenvalue weighted by atomic mass is 32.1. The van der Waals surface area contributed by atoms with Crippen LogP contribution in [0.2, 0.25) is 0 Å². The maximum atomic E-state index is 12.9. The smallest absolute Gasteiger partial charge is 0.319 e. The zero-order valence-corrected chi connectivity index (χ0v) is 14.8. The predicted octanol–water partition coefficient (Wildman–Crippen LogP) is 3.68. The van der Waals surface area contributed by atoms with E-state index in [1.54, 1.807) is 6.20 Å². The van der Waals surface area contributed by atoms with Crippen LogP contribution in [0.25, 0.3) is 0 Å². The van der Waals surface area contributed by atoms with Crippen molar-refractivity contribution in [3.8, 4) is 0 Å². The second-order valence-corrected chi connectivity index (χ2v) is 8.17. The molecule has 2 aliphatic carbocycles. The molecule has 0 saturated heterocycles. The van der Waals surface area contributed by atoms with Crippen LogP contribution < -0.4 is 10.1 Å². The monoisotopic (exact) mass is 331 g/mol. The number of thiazole rings is 1. The Morgan fingerprint density at radius 2 is 1.83 bits per heavy atom. The van der Waals surface area contributed by atoms with Crippen LogP contribution in [-0.2, 0) is 0 Å². The molecule has 2 radical (unpaired) electrons. The van der Waals surface area contributed by atoms with Crippen LogP contribution in [0.4, 0.5) is 9.93 Å². The van der Waals surface area contributed by atoms with Gasteiger partial charge >= 0.3 is 6.03 Å². The lowest BCUT2D eigenvalue weighted by atomic mass is 9.84. The van der Waals surface area contributed by atoms with E-state index in [1.807, 2.05) is 0 Å². The SMILES string of the molecule is [B]c1cnc(NC(=O)N(C2CCCCC2)C2CCC(C)CC2)s1. The summed E-state index contributed by atoms with van der Waals surface area (Å²) in [5.41, 5.74) is 0. The van der Waals surface area contributed by atoms with Gasteiger partial charge in [0.2, 0.25) is 0 Å². The van der Waals surface area contributed by atoms with Gasteiger partial charge in [-0.05, 0) is 49.2 Å². The first kappa shape index (κ1) is 16.8. The molecule has 4 nitrogen and oxygen atoms in total. The van der Waals surface area contributed by atoms with Crippen molar-refractivity contribution in [3.05, 3.63) is 6.20 Å². The number of hydrogen-bond acceptors (Lipinski definition) is 3. The minimum absolute atomic E-state index is 0.0193. The molecule has 0 atom stereocenters. The number of urea groups is 1. The fourth-order valence-electron chi connectivity index (χ4n) is 4.01. The average Bonchev–Trinajstić information content (AvgIpc) is 2.95. The van der Waals surface area contributed by atoms with E-state index in [9.17, 15) is 4.79 Å². The van der Waals surface area contributed by atoms with E-state index in [4.69, 9.17) is 7.85 Å². The summed E-state index contributed by atoms with van der Waals surface area (Å²) in [6.45, 7) is 2.32. The fourth-order valence-corrected chi connectivity index (χ4v) is 4.58.